The van der Waals surface area contributed by atoms with Crippen LogP contribution in [-0.4, -0.2) is 5.84 Å². The summed E-state index contributed by atoms with van der Waals surface area (Å²) in [6.45, 7) is 0. The van der Waals surface area contributed by atoms with E-state index < -0.39 is 0 Å². The lowest BCUT2D eigenvalue weighted by molar-refractivity contribution is 0.708. The summed E-state index contributed by atoms with van der Waals surface area (Å²) in [6.07, 6.45) is 0.595. The van der Waals surface area contributed by atoms with Crippen molar-refractivity contribution in [2.45, 2.75) is 12.5 Å². The van der Waals surface area contributed by atoms with Crippen LogP contribution < -0.4 is 10.7 Å². The van der Waals surface area contributed by atoms with Gasteiger partial charge in [0.25, 0.3) is 0 Å². The van der Waals surface area contributed by atoms with Crippen LogP contribution in [0.4, 0.5) is 5.69 Å². The minimum Gasteiger partial charge on any atom is -0.386 e. The Morgan fingerprint density at radius 3 is 2.18 bits per heavy atom. The van der Waals surface area contributed by atoms with Gasteiger partial charge in [0.15, 0.2) is 0 Å². The van der Waals surface area contributed by atoms with E-state index in [2.05, 4.69) is 5.10 Å². The standard InChI is InChI=1S/C15H11Cl4N3/c16-10-3-1-8(5-12(10)18)14-7-15(20)21-22(14)9-2-4-11(17)13(19)6-9/h1-6,14H,7H2,(H2,20,21). The van der Waals surface area contributed by atoms with Crippen LogP contribution in [0, 0.1) is 0 Å². The molecule has 0 bridgehead atoms. The van der Waals surface area contributed by atoms with Gasteiger partial charge in [-0.25, -0.2) is 0 Å². The van der Waals surface area contributed by atoms with Gasteiger partial charge in [-0.3, -0.25) is 5.01 Å². The zero-order valence-corrected chi connectivity index (χ0v) is 14.3. The molecule has 0 radical (unpaired) electrons. The van der Waals surface area contributed by atoms with E-state index in [1.54, 1.807) is 18.2 Å². The van der Waals surface area contributed by atoms with Crippen molar-refractivity contribution < 1.29 is 0 Å². The van der Waals surface area contributed by atoms with Crippen molar-refractivity contribution in [2.75, 3.05) is 5.01 Å². The first-order valence-corrected chi connectivity index (χ1v) is 7.99. The highest BCUT2D eigenvalue weighted by molar-refractivity contribution is 6.42. The Bertz CT molecular complexity index is 760. The van der Waals surface area contributed by atoms with E-state index in [1.165, 1.54) is 0 Å². The summed E-state index contributed by atoms with van der Waals surface area (Å²) in [7, 11) is 0. The van der Waals surface area contributed by atoms with Crippen molar-refractivity contribution >= 4 is 57.9 Å². The molecule has 22 heavy (non-hydrogen) atoms. The maximum Gasteiger partial charge on any atom is 0.122 e. The molecule has 0 aromatic heterocycles. The Labute approximate surface area is 148 Å². The predicted octanol–water partition coefficient (Wildman–Crippen LogP) is 5.52. The van der Waals surface area contributed by atoms with Crippen LogP contribution in [0.2, 0.25) is 20.1 Å². The summed E-state index contributed by atoms with van der Waals surface area (Å²) in [6, 6.07) is 10.8. The quantitative estimate of drug-likeness (QED) is 0.751. The van der Waals surface area contributed by atoms with Crippen LogP contribution in [0.5, 0.6) is 0 Å². The van der Waals surface area contributed by atoms with Gasteiger partial charge in [-0.05, 0) is 35.9 Å². The lowest BCUT2D eigenvalue weighted by atomic mass is 10.0. The van der Waals surface area contributed by atoms with Crippen molar-refractivity contribution in [3.8, 4) is 0 Å². The number of nitrogens with two attached hydrogens (primary N) is 1. The number of hydrogen-bond donors (Lipinski definition) is 1. The molecule has 0 spiro atoms. The molecule has 2 N–H and O–H groups in total. The Hall–Kier alpha value is -1.13. The van der Waals surface area contributed by atoms with Gasteiger partial charge in [-0.15, -0.1) is 0 Å². The Kier molecular flexibility index (Phi) is 4.42. The molecule has 3 nitrogen and oxygen atoms in total. The zero-order chi connectivity index (χ0) is 15.9. The molecule has 7 heteroatoms. The van der Waals surface area contributed by atoms with Crippen molar-refractivity contribution in [3.05, 3.63) is 62.1 Å². The number of hydrogen-bond acceptors (Lipinski definition) is 3. The summed E-state index contributed by atoms with van der Waals surface area (Å²) < 4.78 is 0. The fourth-order valence-corrected chi connectivity index (χ4v) is 2.98. The van der Waals surface area contributed by atoms with Gasteiger partial charge in [0.05, 0.1) is 31.8 Å². The molecule has 0 saturated carbocycles. The van der Waals surface area contributed by atoms with Gasteiger partial charge in [-0.1, -0.05) is 52.5 Å². The highest BCUT2D eigenvalue weighted by atomic mass is 35.5. The average molecular weight is 375 g/mol. The number of halogens is 4. The second-order valence-corrected chi connectivity index (χ2v) is 6.56. The van der Waals surface area contributed by atoms with Gasteiger partial charge in [0.2, 0.25) is 0 Å². The second kappa shape index (κ2) is 6.17. The van der Waals surface area contributed by atoms with E-state index in [1.807, 2.05) is 23.2 Å². The van der Waals surface area contributed by atoms with Gasteiger partial charge in [0.1, 0.15) is 5.84 Å². The third kappa shape index (κ3) is 2.99. The molecule has 0 fully saturated rings. The first-order chi connectivity index (χ1) is 10.5. The molecule has 114 valence electrons. The molecular formula is C15H11Cl4N3. The summed E-state index contributed by atoms with van der Waals surface area (Å²) in [4.78, 5) is 0. The van der Waals surface area contributed by atoms with E-state index in [0.717, 1.165) is 11.3 Å². The smallest absolute Gasteiger partial charge is 0.122 e. The minimum absolute atomic E-state index is 0.0630. The van der Waals surface area contributed by atoms with Gasteiger partial charge in [0, 0.05) is 6.42 Å². The molecule has 0 amide bonds. The number of nitrogens with zero attached hydrogens (tertiary/aromatic N) is 2. The molecule has 2 aromatic carbocycles. The molecular weight excluding hydrogens is 364 g/mol. The Morgan fingerprint density at radius 1 is 0.909 bits per heavy atom. The first kappa shape index (κ1) is 15.8. The molecule has 1 atom stereocenters. The van der Waals surface area contributed by atoms with Crippen LogP contribution in [0.25, 0.3) is 0 Å². The Balaban J connectivity index is 2.00. The van der Waals surface area contributed by atoms with Crippen LogP contribution >= 0.6 is 46.4 Å². The van der Waals surface area contributed by atoms with E-state index in [9.17, 15) is 0 Å². The van der Waals surface area contributed by atoms with Crippen molar-refractivity contribution in [1.29, 1.82) is 0 Å². The van der Waals surface area contributed by atoms with Gasteiger partial charge in [-0.2, -0.15) is 5.10 Å². The maximum absolute atomic E-state index is 6.11. The van der Waals surface area contributed by atoms with Crippen molar-refractivity contribution in [2.24, 2.45) is 10.8 Å². The first-order valence-electron chi connectivity index (χ1n) is 6.48. The van der Waals surface area contributed by atoms with Crippen LogP contribution in [0.1, 0.15) is 18.0 Å². The lowest BCUT2D eigenvalue weighted by Gasteiger charge is -2.24. The summed E-state index contributed by atoms with van der Waals surface area (Å²) in [5.41, 5.74) is 7.70. The van der Waals surface area contributed by atoms with Crippen LogP contribution in [0.3, 0.4) is 0 Å². The minimum atomic E-state index is -0.0630. The molecule has 3 rings (SSSR count). The normalized spacial score (nSPS) is 17.7. The lowest BCUT2D eigenvalue weighted by Crippen LogP contribution is -2.18. The second-order valence-electron chi connectivity index (χ2n) is 4.93. The third-order valence-electron chi connectivity index (χ3n) is 3.43. The van der Waals surface area contributed by atoms with Gasteiger partial charge >= 0.3 is 0 Å². The molecule has 1 heterocycles. The van der Waals surface area contributed by atoms with Crippen LogP contribution in [-0.2, 0) is 0 Å². The molecule has 2 aromatic rings. The molecule has 0 aliphatic carbocycles. The summed E-state index contributed by atoms with van der Waals surface area (Å²) in [5, 5.41) is 8.18. The number of hydrazone groups is 1. The SMILES string of the molecule is NC1=NN(c2ccc(Cl)c(Cl)c2)C(c2ccc(Cl)c(Cl)c2)C1. The third-order valence-corrected chi connectivity index (χ3v) is 4.91. The Morgan fingerprint density at radius 2 is 1.55 bits per heavy atom. The topological polar surface area (TPSA) is 41.6 Å². The van der Waals surface area contributed by atoms with Crippen molar-refractivity contribution in [1.82, 2.24) is 0 Å². The number of benzene rings is 2. The van der Waals surface area contributed by atoms with Gasteiger partial charge < -0.3 is 5.73 Å². The summed E-state index contributed by atoms with van der Waals surface area (Å²) in [5.74, 6) is 0.544. The van der Waals surface area contributed by atoms with E-state index in [4.69, 9.17) is 52.1 Å². The monoisotopic (exact) mass is 373 g/mol. The van der Waals surface area contributed by atoms with E-state index in [-0.39, 0.29) is 6.04 Å². The fourth-order valence-electron chi connectivity index (χ4n) is 2.38. The van der Waals surface area contributed by atoms with Crippen molar-refractivity contribution in [3.63, 3.8) is 0 Å². The molecule has 0 saturated heterocycles. The highest BCUT2D eigenvalue weighted by Crippen LogP contribution is 2.38. The largest absolute Gasteiger partial charge is 0.386 e. The van der Waals surface area contributed by atoms with E-state index in [0.29, 0.717) is 32.3 Å². The number of anilines is 1. The molecule has 1 aliphatic rings. The fraction of sp³-hybridized carbons (Fsp3) is 0.133. The zero-order valence-electron chi connectivity index (χ0n) is 11.2. The van der Waals surface area contributed by atoms with Crippen LogP contribution in [0.15, 0.2) is 41.5 Å². The molecule has 1 unspecified atom stereocenters. The number of amidine groups is 1. The average Bonchev–Trinajstić information content (AvgIpc) is 2.87. The number of rotatable bonds is 2. The highest BCUT2D eigenvalue weighted by Gasteiger charge is 2.28. The van der Waals surface area contributed by atoms with E-state index >= 15 is 0 Å². The molecule has 1 aliphatic heterocycles. The maximum atomic E-state index is 6.11. The predicted molar refractivity (Wildman–Crippen MR) is 94.4 cm³/mol. The summed E-state index contributed by atoms with van der Waals surface area (Å²) >= 11 is 24.1.